The third kappa shape index (κ3) is 3.20. The molecule has 0 spiro atoms. The van der Waals surface area contributed by atoms with Gasteiger partial charge in [-0.3, -0.25) is 0 Å². The molecule has 0 unspecified atom stereocenters. The standard InChI is InChI=1S/C21H26/c1-21(2,3)20-14-12-19(13-15-20)18-10-8-17(9-11-18)16-6-4-5-7-16/h8-16H,4-7H2,1-3H3. The summed E-state index contributed by atoms with van der Waals surface area (Å²) >= 11 is 0. The first-order valence-corrected chi connectivity index (χ1v) is 8.25. The van der Waals surface area contributed by atoms with Crippen LogP contribution in [0.25, 0.3) is 11.1 Å². The maximum Gasteiger partial charge on any atom is -0.0132 e. The van der Waals surface area contributed by atoms with Crippen molar-refractivity contribution in [2.45, 2.75) is 57.8 Å². The van der Waals surface area contributed by atoms with Crippen LogP contribution in [0.3, 0.4) is 0 Å². The summed E-state index contributed by atoms with van der Waals surface area (Å²) in [5, 5.41) is 0. The zero-order chi connectivity index (χ0) is 14.9. The second-order valence-electron chi connectivity index (χ2n) is 7.43. The summed E-state index contributed by atoms with van der Waals surface area (Å²) in [6.07, 6.45) is 5.56. The SMILES string of the molecule is CC(C)(C)c1ccc(-c2ccc(C3CCCC3)cc2)cc1. The number of benzene rings is 2. The second kappa shape index (κ2) is 5.67. The Hall–Kier alpha value is -1.56. The quantitative estimate of drug-likeness (QED) is 0.604. The molecule has 0 N–H and O–H groups in total. The third-order valence-electron chi connectivity index (χ3n) is 4.82. The van der Waals surface area contributed by atoms with Crippen molar-refractivity contribution in [3.05, 3.63) is 59.7 Å². The van der Waals surface area contributed by atoms with E-state index in [4.69, 9.17) is 0 Å². The summed E-state index contributed by atoms with van der Waals surface area (Å²) in [6.45, 7) is 6.79. The molecule has 1 aliphatic carbocycles. The average molecular weight is 278 g/mol. The van der Waals surface area contributed by atoms with Crippen LogP contribution in [0.5, 0.6) is 0 Å². The van der Waals surface area contributed by atoms with E-state index >= 15 is 0 Å². The summed E-state index contributed by atoms with van der Waals surface area (Å²) in [5.74, 6) is 0.808. The Morgan fingerprint density at radius 1 is 0.714 bits per heavy atom. The van der Waals surface area contributed by atoms with Gasteiger partial charge in [-0.05, 0) is 46.4 Å². The highest BCUT2D eigenvalue weighted by molar-refractivity contribution is 5.64. The molecule has 0 bridgehead atoms. The summed E-state index contributed by atoms with van der Waals surface area (Å²) in [7, 11) is 0. The van der Waals surface area contributed by atoms with E-state index in [1.54, 1.807) is 0 Å². The van der Waals surface area contributed by atoms with Crippen LogP contribution in [0.15, 0.2) is 48.5 Å². The lowest BCUT2D eigenvalue weighted by atomic mass is 9.86. The van der Waals surface area contributed by atoms with Gasteiger partial charge in [-0.2, -0.15) is 0 Å². The van der Waals surface area contributed by atoms with Crippen LogP contribution in [0.1, 0.15) is 63.5 Å². The van der Waals surface area contributed by atoms with Crippen molar-refractivity contribution in [1.82, 2.24) is 0 Å². The first-order valence-electron chi connectivity index (χ1n) is 8.25. The smallest absolute Gasteiger partial charge is 0.0132 e. The van der Waals surface area contributed by atoms with Gasteiger partial charge in [-0.25, -0.2) is 0 Å². The summed E-state index contributed by atoms with van der Waals surface area (Å²) in [5.41, 5.74) is 5.81. The van der Waals surface area contributed by atoms with E-state index in [-0.39, 0.29) is 5.41 Å². The molecule has 0 atom stereocenters. The fourth-order valence-electron chi connectivity index (χ4n) is 3.37. The minimum absolute atomic E-state index is 0.227. The van der Waals surface area contributed by atoms with Crippen molar-refractivity contribution < 1.29 is 0 Å². The van der Waals surface area contributed by atoms with E-state index < -0.39 is 0 Å². The molecule has 2 aromatic rings. The van der Waals surface area contributed by atoms with E-state index in [1.807, 2.05) is 0 Å². The number of rotatable bonds is 2. The minimum Gasteiger partial charge on any atom is -0.0581 e. The average Bonchev–Trinajstić information content (AvgIpc) is 3.01. The molecule has 0 aromatic heterocycles. The van der Waals surface area contributed by atoms with Crippen LogP contribution in [-0.2, 0) is 5.41 Å². The van der Waals surface area contributed by atoms with Gasteiger partial charge in [0, 0.05) is 0 Å². The van der Waals surface area contributed by atoms with E-state index in [1.165, 1.54) is 47.9 Å². The van der Waals surface area contributed by atoms with Gasteiger partial charge in [0.05, 0.1) is 0 Å². The summed E-state index contributed by atoms with van der Waals surface area (Å²) in [6, 6.07) is 18.3. The predicted molar refractivity (Wildman–Crippen MR) is 91.8 cm³/mol. The Balaban J connectivity index is 1.80. The van der Waals surface area contributed by atoms with Crippen LogP contribution in [0.4, 0.5) is 0 Å². The molecular formula is C21H26. The highest BCUT2D eigenvalue weighted by Crippen LogP contribution is 2.35. The van der Waals surface area contributed by atoms with Crippen molar-refractivity contribution in [2.75, 3.05) is 0 Å². The topological polar surface area (TPSA) is 0 Å². The molecule has 110 valence electrons. The Kier molecular flexibility index (Phi) is 3.89. The van der Waals surface area contributed by atoms with Gasteiger partial charge in [0.25, 0.3) is 0 Å². The molecule has 0 saturated heterocycles. The fourth-order valence-corrected chi connectivity index (χ4v) is 3.37. The summed E-state index contributed by atoms with van der Waals surface area (Å²) in [4.78, 5) is 0. The lowest BCUT2D eigenvalue weighted by Gasteiger charge is -2.19. The Morgan fingerprint density at radius 2 is 1.19 bits per heavy atom. The molecule has 21 heavy (non-hydrogen) atoms. The van der Waals surface area contributed by atoms with Crippen LogP contribution >= 0.6 is 0 Å². The van der Waals surface area contributed by atoms with E-state index in [0.717, 1.165) is 5.92 Å². The van der Waals surface area contributed by atoms with Gasteiger partial charge >= 0.3 is 0 Å². The van der Waals surface area contributed by atoms with E-state index in [0.29, 0.717) is 0 Å². The molecule has 0 amide bonds. The molecule has 1 saturated carbocycles. The van der Waals surface area contributed by atoms with Gasteiger partial charge in [0.2, 0.25) is 0 Å². The zero-order valence-electron chi connectivity index (χ0n) is 13.5. The van der Waals surface area contributed by atoms with Crippen molar-refractivity contribution in [3.63, 3.8) is 0 Å². The number of hydrogen-bond donors (Lipinski definition) is 0. The van der Waals surface area contributed by atoms with E-state index in [2.05, 4.69) is 69.3 Å². The Bertz CT molecular complexity index is 575. The molecule has 0 nitrogen and oxygen atoms in total. The predicted octanol–water partition coefficient (Wildman–Crippen LogP) is 6.31. The van der Waals surface area contributed by atoms with Crippen molar-refractivity contribution in [2.24, 2.45) is 0 Å². The lowest BCUT2D eigenvalue weighted by molar-refractivity contribution is 0.590. The van der Waals surface area contributed by atoms with Crippen LogP contribution < -0.4 is 0 Å². The Labute approximate surface area is 129 Å². The first-order chi connectivity index (χ1) is 10.0. The van der Waals surface area contributed by atoms with Gasteiger partial charge in [0.1, 0.15) is 0 Å². The highest BCUT2D eigenvalue weighted by atomic mass is 14.2. The maximum atomic E-state index is 2.34. The van der Waals surface area contributed by atoms with Crippen LogP contribution in [-0.4, -0.2) is 0 Å². The molecule has 1 aliphatic rings. The second-order valence-corrected chi connectivity index (χ2v) is 7.43. The van der Waals surface area contributed by atoms with Gasteiger partial charge < -0.3 is 0 Å². The van der Waals surface area contributed by atoms with Crippen molar-refractivity contribution >= 4 is 0 Å². The zero-order valence-corrected chi connectivity index (χ0v) is 13.5. The Morgan fingerprint density at radius 3 is 1.67 bits per heavy atom. The first kappa shape index (κ1) is 14.4. The maximum absolute atomic E-state index is 2.34. The van der Waals surface area contributed by atoms with E-state index in [9.17, 15) is 0 Å². The van der Waals surface area contributed by atoms with Crippen LogP contribution in [0, 0.1) is 0 Å². The monoisotopic (exact) mass is 278 g/mol. The molecule has 0 radical (unpaired) electrons. The van der Waals surface area contributed by atoms with Gasteiger partial charge in [-0.1, -0.05) is 82.1 Å². The number of hydrogen-bond acceptors (Lipinski definition) is 0. The minimum atomic E-state index is 0.227. The van der Waals surface area contributed by atoms with Gasteiger partial charge in [0.15, 0.2) is 0 Å². The molecular weight excluding hydrogens is 252 g/mol. The fraction of sp³-hybridized carbons (Fsp3) is 0.429. The largest absolute Gasteiger partial charge is 0.0581 e. The van der Waals surface area contributed by atoms with Crippen LogP contribution in [0.2, 0.25) is 0 Å². The molecule has 2 aromatic carbocycles. The third-order valence-corrected chi connectivity index (χ3v) is 4.82. The normalized spacial score (nSPS) is 16.3. The van der Waals surface area contributed by atoms with Crippen molar-refractivity contribution in [3.8, 4) is 11.1 Å². The molecule has 1 fully saturated rings. The molecule has 3 rings (SSSR count). The summed E-state index contributed by atoms with van der Waals surface area (Å²) < 4.78 is 0. The van der Waals surface area contributed by atoms with Gasteiger partial charge in [-0.15, -0.1) is 0 Å². The lowest BCUT2D eigenvalue weighted by Crippen LogP contribution is -2.10. The molecule has 0 heteroatoms. The van der Waals surface area contributed by atoms with Crippen molar-refractivity contribution in [1.29, 1.82) is 0 Å². The molecule has 0 aliphatic heterocycles. The highest BCUT2D eigenvalue weighted by Gasteiger charge is 2.17. The molecule has 0 heterocycles.